The van der Waals surface area contributed by atoms with E-state index in [0.29, 0.717) is 13.0 Å². The van der Waals surface area contributed by atoms with Crippen LogP contribution in [0.5, 0.6) is 5.75 Å². The van der Waals surface area contributed by atoms with Gasteiger partial charge < -0.3 is 4.74 Å². The van der Waals surface area contributed by atoms with Crippen molar-refractivity contribution >= 4 is 0 Å². The molecule has 0 aromatic heterocycles. The van der Waals surface area contributed by atoms with Gasteiger partial charge in [-0.15, -0.1) is 0 Å². The average molecular weight is 327 g/mol. The molecular weight excluding hydrogens is 301 g/mol. The second-order valence-corrected chi connectivity index (χ2v) is 6.56. The highest BCUT2D eigenvalue weighted by molar-refractivity contribution is 5.36. The first-order valence-corrected chi connectivity index (χ1v) is 8.81. The number of benzene rings is 2. The molecule has 0 aliphatic carbocycles. The Morgan fingerprint density at radius 1 is 1.04 bits per heavy atom. The molecule has 1 aliphatic rings. The smallest absolute Gasteiger partial charge is 0.119 e. The van der Waals surface area contributed by atoms with E-state index in [2.05, 4.69) is 29.2 Å². The van der Waals surface area contributed by atoms with Crippen LogP contribution in [-0.2, 0) is 19.3 Å². The summed E-state index contributed by atoms with van der Waals surface area (Å²) in [7, 11) is 1.70. The zero-order valence-electron chi connectivity index (χ0n) is 14.4. The molecule has 0 amide bonds. The van der Waals surface area contributed by atoms with Gasteiger partial charge >= 0.3 is 0 Å². The van der Waals surface area contributed by atoms with E-state index >= 15 is 0 Å². The maximum absolute atomic E-state index is 14.4. The van der Waals surface area contributed by atoms with Gasteiger partial charge in [-0.2, -0.15) is 0 Å². The molecule has 0 bridgehead atoms. The van der Waals surface area contributed by atoms with Gasteiger partial charge in [0, 0.05) is 19.6 Å². The van der Waals surface area contributed by atoms with Crippen LogP contribution < -0.4 is 4.74 Å². The molecule has 1 unspecified atom stereocenters. The lowest BCUT2D eigenvalue weighted by Crippen LogP contribution is -2.33. The maximum Gasteiger partial charge on any atom is 0.119 e. The fourth-order valence-electron chi connectivity index (χ4n) is 3.40. The van der Waals surface area contributed by atoms with Crippen LogP contribution in [0.2, 0.25) is 0 Å². The van der Waals surface area contributed by atoms with Gasteiger partial charge in [0.15, 0.2) is 0 Å². The Morgan fingerprint density at radius 3 is 2.54 bits per heavy atom. The van der Waals surface area contributed by atoms with Gasteiger partial charge in [0.2, 0.25) is 0 Å². The summed E-state index contributed by atoms with van der Waals surface area (Å²) in [5, 5.41) is 0. The van der Waals surface area contributed by atoms with Gasteiger partial charge in [-0.05, 0) is 54.5 Å². The van der Waals surface area contributed by atoms with Gasteiger partial charge in [0.1, 0.15) is 11.9 Å². The summed E-state index contributed by atoms with van der Waals surface area (Å²) in [4.78, 5) is 2.27. The minimum absolute atomic E-state index is 0.540. The third kappa shape index (κ3) is 4.57. The zero-order chi connectivity index (χ0) is 16.8. The lowest BCUT2D eigenvalue weighted by molar-refractivity contribution is 0.189. The van der Waals surface area contributed by atoms with Crippen molar-refractivity contribution < 1.29 is 9.13 Å². The fourth-order valence-corrected chi connectivity index (χ4v) is 3.40. The van der Waals surface area contributed by atoms with Gasteiger partial charge in [-0.3, -0.25) is 4.90 Å². The predicted octanol–water partition coefficient (Wildman–Crippen LogP) is 4.07. The van der Waals surface area contributed by atoms with Gasteiger partial charge in [-0.1, -0.05) is 36.4 Å². The number of hydrogen-bond acceptors (Lipinski definition) is 2. The highest BCUT2D eigenvalue weighted by Gasteiger charge is 2.18. The van der Waals surface area contributed by atoms with E-state index in [1.165, 1.54) is 16.7 Å². The van der Waals surface area contributed by atoms with E-state index in [1.54, 1.807) is 7.11 Å². The van der Waals surface area contributed by atoms with Crippen molar-refractivity contribution in [1.29, 1.82) is 0 Å². The molecule has 24 heavy (non-hydrogen) atoms. The molecule has 3 rings (SSSR count). The monoisotopic (exact) mass is 327 g/mol. The number of nitrogens with zero attached hydrogens (tertiary/aromatic N) is 1. The van der Waals surface area contributed by atoms with Gasteiger partial charge in [0.05, 0.1) is 7.11 Å². The molecule has 2 nitrogen and oxygen atoms in total. The maximum atomic E-state index is 14.4. The van der Waals surface area contributed by atoms with E-state index in [-0.39, 0.29) is 0 Å². The summed E-state index contributed by atoms with van der Waals surface area (Å²) >= 11 is 0. The van der Waals surface area contributed by atoms with Crippen molar-refractivity contribution in [3.05, 3.63) is 65.2 Å². The minimum atomic E-state index is -0.763. The second-order valence-electron chi connectivity index (χ2n) is 6.56. The van der Waals surface area contributed by atoms with E-state index < -0.39 is 6.17 Å². The number of halogens is 1. The Morgan fingerprint density at radius 2 is 1.79 bits per heavy atom. The lowest BCUT2D eigenvalue weighted by atomic mass is 10.0. The summed E-state index contributed by atoms with van der Waals surface area (Å²) in [6.07, 6.45) is 2.61. The summed E-state index contributed by atoms with van der Waals surface area (Å²) in [5.74, 6) is 0.911. The first kappa shape index (κ1) is 17.0. The molecule has 2 aromatic carbocycles. The molecule has 0 saturated carbocycles. The highest BCUT2D eigenvalue weighted by Crippen LogP contribution is 2.22. The van der Waals surface area contributed by atoms with E-state index in [9.17, 15) is 4.39 Å². The van der Waals surface area contributed by atoms with Crippen LogP contribution in [0, 0.1) is 0 Å². The van der Waals surface area contributed by atoms with Gasteiger partial charge in [-0.25, -0.2) is 4.39 Å². The number of methoxy groups -OCH3 is 1. The van der Waals surface area contributed by atoms with Crippen LogP contribution in [0.15, 0.2) is 48.5 Å². The van der Waals surface area contributed by atoms with Crippen molar-refractivity contribution in [1.82, 2.24) is 4.90 Å². The van der Waals surface area contributed by atoms with E-state index in [4.69, 9.17) is 4.74 Å². The first-order chi connectivity index (χ1) is 11.7. The minimum Gasteiger partial charge on any atom is -0.497 e. The SMILES string of the molecule is COc1ccc2c(c1)CCN(CC(F)CCc1ccccc1)CC2. The number of hydrogen-bond donors (Lipinski definition) is 0. The summed E-state index contributed by atoms with van der Waals surface area (Å²) in [6, 6.07) is 16.5. The van der Waals surface area contributed by atoms with Crippen LogP contribution in [-0.4, -0.2) is 37.8 Å². The Kier molecular flexibility index (Phi) is 5.86. The van der Waals surface area contributed by atoms with Crippen molar-refractivity contribution in [3.8, 4) is 5.75 Å². The van der Waals surface area contributed by atoms with Crippen molar-refractivity contribution in [3.63, 3.8) is 0 Å². The molecule has 0 saturated heterocycles. The zero-order valence-corrected chi connectivity index (χ0v) is 14.4. The van der Waals surface area contributed by atoms with Crippen LogP contribution >= 0.6 is 0 Å². The Bertz CT molecular complexity index is 644. The second kappa shape index (κ2) is 8.29. The normalized spacial score (nSPS) is 16.2. The van der Waals surface area contributed by atoms with Crippen LogP contribution in [0.3, 0.4) is 0 Å². The fraction of sp³-hybridized carbons (Fsp3) is 0.429. The first-order valence-electron chi connectivity index (χ1n) is 8.81. The van der Waals surface area contributed by atoms with Crippen LogP contribution in [0.25, 0.3) is 0 Å². The topological polar surface area (TPSA) is 12.5 Å². The molecule has 0 fully saturated rings. The van der Waals surface area contributed by atoms with E-state index in [1.807, 2.05) is 24.3 Å². The third-order valence-electron chi connectivity index (χ3n) is 4.85. The quantitative estimate of drug-likeness (QED) is 0.793. The summed E-state index contributed by atoms with van der Waals surface area (Å²) < 4.78 is 19.7. The molecular formula is C21H26FNO. The number of ether oxygens (including phenoxy) is 1. The molecule has 0 spiro atoms. The predicted molar refractivity (Wildman–Crippen MR) is 96.5 cm³/mol. The number of alkyl halides is 1. The standard InChI is InChI=1S/C21H26FNO/c1-24-21-10-8-18-11-13-23(14-12-19(18)15-21)16-20(22)9-7-17-5-3-2-4-6-17/h2-6,8,10,15,20H,7,9,11-14,16H2,1H3. The largest absolute Gasteiger partial charge is 0.497 e. The van der Waals surface area contributed by atoms with Crippen LogP contribution in [0.4, 0.5) is 4.39 Å². The van der Waals surface area contributed by atoms with Crippen molar-refractivity contribution in [2.24, 2.45) is 0 Å². The Labute approximate surface area is 144 Å². The average Bonchev–Trinajstić information content (AvgIpc) is 2.83. The molecule has 1 atom stereocenters. The molecule has 1 aliphatic heterocycles. The van der Waals surface area contributed by atoms with Crippen LogP contribution in [0.1, 0.15) is 23.1 Å². The Balaban J connectivity index is 1.50. The van der Waals surface area contributed by atoms with Crippen molar-refractivity contribution in [2.75, 3.05) is 26.7 Å². The summed E-state index contributed by atoms with van der Waals surface area (Å²) in [5.41, 5.74) is 3.94. The Hall–Kier alpha value is -1.87. The summed E-state index contributed by atoms with van der Waals surface area (Å²) in [6.45, 7) is 2.40. The number of fused-ring (bicyclic) bond motifs is 1. The number of aryl methyl sites for hydroxylation is 1. The molecule has 128 valence electrons. The lowest BCUT2D eigenvalue weighted by Gasteiger charge is -2.22. The molecule has 0 N–H and O–H groups in total. The third-order valence-corrected chi connectivity index (χ3v) is 4.85. The molecule has 3 heteroatoms. The van der Waals surface area contributed by atoms with Gasteiger partial charge in [0.25, 0.3) is 0 Å². The molecule has 0 radical (unpaired) electrons. The van der Waals surface area contributed by atoms with Crippen molar-refractivity contribution in [2.45, 2.75) is 31.9 Å². The molecule has 2 aromatic rings. The molecule has 1 heterocycles. The van der Waals surface area contributed by atoms with E-state index in [0.717, 1.165) is 38.1 Å². The number of rotatable bonds is 6. The highest BCUT2D eigenvalue weighted by atomic mass is 19.1.